The number of benzene rings is 1. The third-order valence-electron chi connectivity index (χ3n) is 4.69. The van der Waals surface area contributed by atoms with E-state index < -0.39 is 0 Å². The molecule has 0 fully saturated rings. The fourth-order valence-electron chi connectivity index (χ4n) is 3.00. The van der Waals surface area contributed by atoms with E-state index in [0.717, 1.165) is 28.3 Å². The summed E-state index contributed by atoms with van der Waals surface area (Å²) in [5.74, 6) is 1.33. The lowest BCUT2D eigenvalue weighted by molar-refractivity contribution is 0.0941. The summed E-state index contributed by atoms with van der Waals surface area (Å²) < 4.78 is 12.7. The first-order valence-electron chi connectivity index (χ1n) is 8.56. The first-order chi connectivity index (χ1) is 12.4. The van der Waals surface area contributed by atoms with Gasteiger partial charge in [0.1, 0.15) is 11.3 Å². The predicted molar refractivity (Wildman–Crippen MR) is 97.9 cm³/mol. The van der Waals surface area contributed by atoms with Gasteiger partial charge in [0.2, 0.25) is 6.79 Å². The van der Waals surface area contributed by atoms with E-state index in [4.69, 9.17) is 9.47 Å². The molecule has 3 aromatic rings. The Morgan fingerprint density at radius 1 is 1.23 bits per heavy atom. The fraction of sp³-hybridized carbons (Fsp3) is 0.300. The number of carbonyl (C=O) groups excluding carboxylic acids is 1. The van der Waals surface area contributed by atoms with Crippen molar-refractivity contribution in [2.24, 2.45) is 0 Å². The highest BCUT2D eigenvalue weighted by atomic mass is 16.7. The van der Waals surface area contributed by atoms with E-state index in [2.05, 4.69) is 24.1 Å². The zero-order valence-electron chi connectivity index (χ0n) is 15.1. The number of pyridine rings is 1. The van der Waals surface area contributed by atoms with Crippen molar-refractivity contribution in [2.75, 3.05) is 13.3 Å². The van der Waals surface area contributed by atoms with Gasteiger partial charge in [-0.3, -0.25) is 4.79 Å². The summed E-state index contributed by atoms with van der Waals surface area (Å²) in [5.41, 5.74) is 3.11. The summed E-state index contributed by atoms with van der Waals surface area (Å²) in [6.07, 6.45) is 3.66. The molecule has 0 aliphatic carbocycles. The normalized spacial score (nSPS) is 13.2. The maximum atomic E-state index is 12.5. The van der Waals surface area contributed by atoms with Gasteiger partial charge in [0.25, 0.3) is 5.91 Å². The Kier molecular flexibility index (Phi) is 3.83. The number of aryl methyl sites for hydroxylation is 1. The number of nitrogens with zero attached hydrogens (tertiary/aromatic N) is 2. The number of carbonyl (C=O) groups is 1. The summed E-state index contributed by atoms with van der Waals surface area (Å²) in [7, 11) is 0. The van der Waals surface area contributed by atoms with E-state index >= 15 is 0 Å². The highest BCUT2D eigenvalue weighted by molar-refractivity contribution is 5.92. The van der Waals surface area contributed by atoms with Crippen LogP contribution in [0, 0.1) is 6.92 Å². The van der Waals surface area contributed by atoms with Crippen LogP contribution in [0.2, 0.25) is 0 Å². The molecule has 6 nitrogen and oxygen atoms in total. The molecule has 2 aromatic heterocycles. The molecule has 0 bridgehead atoms. The number of hydrogen-bond donors (Lipinski definition) is 1. The third-order valence-corrected chi connectivity index (χ3v) is 4.69. The first kappa shape index (κ1) is 16.4. The minimum atomic E-state index is -0.258. The van der Waals surface area contributed by atoms with Gasteiger partial charge in [0.05, 0.1) is 0 Å². The van der Waals surface area contributed by atoms with Crippen molar-refractivity contribution in [1.29, 1.82) is 0 Å². The molecule has 1 aliphatic rings. The van der Waals surface area contributed by atoms with E-state index in [1.54, 1.807) is 6.20 Å². The minimum absolute atomic E-state index is 0.180. The van der Waals surface area contributed by atoms with Crippen LogP contribution in [0.3, 0.4) is 0 Å². The maximum Gasteiger partial charge on any atom is 0.271 e. The largest absolute Gasteiger partial charge is 0.454 e. The number of amides is 1. The topological polar surface area (TPSA) is 64.9 Å². The lowest BCUT2D eigenvalue weighted by atomic mass is 9.84. The minimum Gasteiger partial charge on any atom is -0.454 e. The van der Waals surface area contributed by atoms with Gasteiger partial charge < -0.3 is 19.2 Å². The average molecular weight is 351 g/mol. The van der Waals surface area contributed by atoms with Gasteiger partial charge in [-0.05, 0) is 42.3 Å². The number of fused-ring (bicyclic) bond motifs is 2. The lowest BCUT2D eigenvalue weighted by Crippen LogP contribution is -2.36. The summed E-state index contributed by atoms with van der Waals surface area (Å²) in [6, 6.07) is 9.83. The van der Waals surface area contributed by atoms with Gasteiger partial charge in [-0.2, -0.15) is 0 Å². The van der Waals surface area contributed by atoms with E-state index in [-0.39, 0.29) is 18.1 Å². The number of nitrogens with one attached hydrogen (secondary N) is 1. The van der Waals surface area contributed by atoms with Crippen molar-refractivity contribution in [3.63, 3.8) is 0 Å². The van der Waals surface area contributed by atoms with Gasteiger partial charge in [0.15, 0.2) is 11.5 Å². The molecule has 3 heterocycles. The van der Waals surface area contributed by atoms with Crippen LogP contribution < -0.4 is 14.8 Å². The highest BCUT2D eigenvalue weighted by Gasteiger charge is 2.25. The molecule has 0 unspecified atom stereocenters. The Morgan fingerprint density at radius 2 is 2.04 bits per heavy atom. The number of ether oxygens (including phenoxy) is 2. The summed E-state index contributed by atoms with van der Waals surface area (Å²) >= 11 is 0. The number of rotatable bonds is 4. The van der Waals surface area contributed by atoms with Crippen LogP contribution in [0.15, 0.2) is 42.7 Å². The van der Waals surface area contributed by atoms with E-state index in [1.807, 2.05) is 47.9 Å². The van der Waals surface area contributed by atoms with Crippen molar-refractivity contribution in [1.82, 2.24) is 14.7 Å². The van der Waals surface area contributed by atoms with Crippen molar-refractivity contribution < 1.29 is 14.3 Å². The standard InChI is InChI=1S/C20H21N3O3/c1-13-6-7-23-10-15(22-18(23)8-13)19(24)21-11-20(2,3)14-4-5-16-17(9-14)26-12-25-16/h4-10H,11-12H2,1-3H3,(H,21,24). The molecular formula is C20H21N3O3. The third kappa shape index (κ3) is 2.98. The molecule has 1 aliphatic heterocycles. The maximum absolute atomic E-state index is 12.5. The molecule has 6 heteroatoms. The van der Waals surface area contributed by atoms with Crippen LogP contribution in [0.5, 0.6) is 11.5 Å². The average Bonchev–Trinajstić information content (AvgIpc) is 3.25. The van der Waals surface area contributed by atoms with Crippen LogP contribution in [-0.4, -0.2) is 28.6 Å². The Morgan fingerprint density at radius 3 is 2.88 bits per heavy atom. The van der Waals surface area contributed by atoms with Gasteiger partial charge in [-0.1, -0.05) is 19.9 Å². The second-order valence-corrected chi connectivity index (χ2v) is 7.23. The fourth-order valence-corrected chi connectivity index (χ4v) is 3.00. The molecule has 0 saturated heterocycles. The molecule has 0 saturated carbocycles. The van der Waals surface area contributed by atoms with Gasteiger partial charge in [-0.25, -0.2) is 4.98 Å². The van der Waals surface area contributed by atoms with Crippen molar-refractivity contribution in [3.8, 4) is 11.5 Å². The zero-order chi connectivity index (χ0) is 18.3. The van der Waals surface area contributed by atoms with Crippen LogP contribution in [0.25, 0.3) is 5.65 Å². The Labute approximate surface area is 151 Å². The molecule has 1 aromatic carbocycles. The molecule has 134 valence electrons. The van der Waals surface area contributed by atoms with Crippen molar-refractivity contribution in [2.45, 2.75) is 26.2 Å². The second kappa shape index (κ2) is 6.05. The summed E-state index contributed by atoms with van der Waals surface area (Å²) in [5, 5.41) is 2.99. The molecule has 1 amide bonds. The SMILES string of the molecule is Cc1ccn2cc(C(=O)NCC(C)(C)c3ccc4c(c3)OCO4)nc2c1. The lowest BCUT2D eigenvalue weighted by Gasteiger charge is -2.25. The molecule has 0 radical (unpaired) electrons. The van der Waals surface area contributed by atoms with E-state index in [0.29, 0.717) is 12.2 Å². The second-order valence-electron chi connectivity index (χ2n) is 7.23. The van der Waals surface area contributed by atoms with Gasteiger partial charge in [-0.15, -0.1) is 0 Å². The number of hydrogen-bond acceptors (Lipinski definition) is 4. The van der Waals surface area contributed by atoms with Crippen molar-refractivity contribution in [3.05, 3.63) is 59.5 Å². The van der Waals surface area contributed by atoms with Crippen LogP contribution in [0.4, 0.5) is 0 Å². The molecule has 0 atom stereocenters. The monoisotopic (exact) mass is 351 g/mol. The molecule has 1 N–H and O–H groups in total. The Hall–Kier alpha value is -3.02. The summed E-state index contributed by atoms with van der Waals surface area (Å²) in [4.78, 5) is 16.9. The first-order valence-corrected chi connectivity index (χ1v) is 8.56. The predicted octanol–water partition coefficient (Wildman–Crippen LogP) is 3.08. The smallest absolute Gasteiger partial charge is 0.271 e. The van der Waals surface area contributed by atoms with Crippen LogP contribution >= 0.6 is 0 Å². The van der Waals surface area contributed by atoms with Crippen molar-refractivity contribution >= 4 is 11.6 Å². The number of aromatic nitrogens is 2. The zero-order valence-corrected chi connectivity index (χ0v) is 15.1. The molecular weight excluding hydrogens is 330 g/mol. The van der Waals surface area contributed by atoms with Crippen LogP contribution in [0.1, 0.15) is 35.5 Å². The Balaban J connectivity index is 1.48. The summed E-state index contributed by atoms with van der Waals surface area (Å²) in [6.45, 7) is 6.90. The molecule has 0 spiro atoms. The van der Waals surface area contributed by atoms with Gasteiger partial charge >= 0.3 is 0 Å². The van der Waals surface area contributed by atoms with E-state index in [9.17, 15) is 4.79 Å². The Bertz CT molecular complexity index is 991. The van der Waals surface area contributed by atoms with Gasteiger partial charge in [0, 0.05) is 24.4 Å². The highest BCUT2D eigenvalue weighted by Crippen LogP contribution is 2.36. The van der Waals surface area contributed by atoms with E-state index in [1.165, 1.54) is 0 Å². The molecule has 4 rings (SSSR count). The number of imidazole rings is 1. The molecule has 26 heavy (non-hydrogen) atoms. The van der Waals surface area contributed by atoms with Crippen LogP contribution in [-0.2, 0) is 5.41 Å². The quantitative estimate of drug-likeness (QED) is 0.784.